The molecule has 0 atom stereocenters. The molecule has 132 valence electrons. The van der Waals surface area contributed by atoms with Crippen LogP contribution in [0.3, 0.4) is 0 Å². The van der Waals surface area contributed by atoms with Crippen LogP contribution in [0.4, 0.5) is 0 Å². The third-order valence-corrected chi connectivity index (χ3v) is 4.78. The van der Waals surface area contributed by atoms with E-state index in [4.69, 9.17) is 28.6 Å². The third-order valence-electron chi connectivity index (χ3n) is 4.15. The summed E-state index contributed by atoms with van der Waals surface area (Å²) in [6.07, 6.45) is 4.04. The van der Waals surface area contributed by atoms with Gasteiger partial charge in [-0.1, -0.05) is 41.9 Å². The van der Waals surface area contributed by atoms with Crippen LogP contribution in [0, 0.1) is 4.77 Å². The zero-order valence-corrected chi connectivity index (χ0v) is 15.5. The van der Waals surface area contributed by atoms with Gasteiger partial charge in [-0.3, -0.25) is 5.10 Å². The van der Waals surface area contributed by atoms with E-state index >= 15 is 0 Å². The van der Waals surface area contributed by atoms with Crippen LogP contribution >= 0.6 is 23.8 Å². The van der Waals surface area contributed by atoms with Crippen molar-refractivity contribution in [1.29, 1.82) is 0 Å². The van der Waals surface area contributed by atoms with Gasteiger partial charge in [0, 0.05) is 16.5 Å². The standard InChI is InChI=1S/C19H17ClN4OS/c20-17-7-2-1-5-15(17)12-25-16-6-3-4-13(10-16)11-21-24-18(14-8-9-14)22-23-19(24)26/h1-7,10-11,14H,8-9,12H2,(H,23,26)/b21-11-. The highest BCUT2D eigenvalue weighted by atomic mass is 35.5. The fourth-order valence-electron chi connectivity index (χ4n) is 2.61. The van der Waals surface area contributed by atoms with E-state index in [2.05, 4.69) is 15.3 Å². The molecule has 2 aromatic carbocycles. The molecule has 26 heavy (non-hydrogen) atoms. The molecular formula is C19H17ClN4OS. The van der Waals surface area contributed by atoms with Crippen LogP contribution in [0.5, 0.6) is 5.75 Å². The Morgan fingerprint density at radius 2 is 2.12 bits per heavy atom. The van der Waals surface area contributed by atoms with Crippen molar-refractivity contribution < 1.29 is 4.74 Å². The molecule has 1 fully saturated rings. The maximum Gasteiger partial charge on any atom is 0.216 e. The second kappa shape index (κ2) is 7.43. The van der Waals surface area contributed by atoms with Crippen molar-refractivity contribution in [1.82, 2.24) is 14.9 Å². The van der Waals surface area contributed by atoms with E-state index in [1.807, 2.05) is 48.5 Å². The van der Waals surface area contributed by atoms with Gasteiger partial charge in [0.2, 0.25) is 4.77 Å². The largest absolute Gasteiger partial charge is 0.489 e. The summed E-state index contributed by atoms with van der Waals surface area (Å²) in [6.45, 7) is 0.416. The van der Waals surface area contributed by atoms with Crippen molar-refractivity contribution in [2.45, 2.75) is 25.4 Å². The number of benzene rings is 2. The Morgan fingerprint density at radius 1 is 1.27 bits per heavy atom. The van der Waals surface area contributed by atoms with Crippen LogP contribution in [0.1, 0.15) is 35.7 Å². The van der Waals surface area contributed by atoms with Gasteiger partial charge in [0.1, 0.15) is 12.4 Å². The van der Waals surface area contributed by atoms with Crippen molar-refractivity contribution in [2.24, 2.45) is 5.10 Å². The molecule has 5 nitrogen and oxygen atoms in total. The van der Waals surface area contributed by atoms with Crippen LogP contribution in [0.2, 0.25) is 5.02 Å². The van der Waals surface area contributed by atoms with Crippen LogP contribution in [0.15, 0.2) is 53.6 Å². The zero-order valence-electron chi connectivity index (χ0n) is 13.9. The molecule has 0 unspecified atom stereocenters. The first kappa shape index (κ1) is 17.0. The summed E-state index contributed by atoms with van der Waals surface area (Å²) in [5.41, 5.74) is 1.87. The molecule has 1 heterocycles. The number of rotatable bonds is 6. The number of halogens is 1. The molecular weight excluding hydrogens is 368 g/mol. The monoisotopic (exact) mass is 384 g/mol. The Bertz CT molecular complexity index is 1010. The highest BCUT2D eigenvalue weighted by Gasteiger charge is 2.29. The molecule has 0 aliphatic heterocycles. The topological polar surface area (TPSA) is 55.2 Å². The Morgan fingerprint density at radius 3 is 2.92 bits per heavy atom. The fourth-order valence-corrected chi connectivity index (χ4v) is 2.98. The Kier molecular flexibility index (Phi) is 4.86. The maximum absolute atomic E-state index is 6.17. The molecule has 1 aliphatic carbocycles. The van der Waals surface area contributed by atoms with E-state index in [1.54, 1.807) is 10.9 Å². The van der Waals surface area contributed by atoms with Crippen molar-refractivity contribution in [3.05, 3.63) is 75.3 Å². The number of H-pyrrole nitrogens is 1. The van der Waals surface area contributed by atoms with Gasteiger partial charge >= 0.3 is 0 Å². The first-order valence-corrected chi connectivity index (χ1v) is 9.17. The lowest BCUT2D eigenvalue weighted by atomic mass is 10.2. The van der Waals surface area contributed by atoms with E-state index in [9.17, 15) is 0 Å². The van der Waals surface area contributed by atoms with Crippen molar-refractivity contribution >= 4 is 30.0 Å². The molecule has 7 heteroatoms. The first-order valence-electron chi connectivity index (χ1n) is 8.38. The maximum atomic E-state index is 6.17. The predicted octanol–water partition coefficient (Wildman–Crippen LogP) is 4.93. The van der Waals surface area contributed by atoms with Crippen LogP contribution in [-0.4, -0.2) is 21.1 Å². The molecule has 0 spiro atoms. The van der Waals surface area contributed by atoms with Crippen molar-refractivity contribution in [3.8, 4) is 5.75 Å². The lowest BCUT2D eigenvalue weighted by molar-refractivity contribution is 0.306. The summed E-state index contributed by atoms with van der Waals surface area (Å²) >= 11 is 11.4. The minimum atomic E-state index is 0.416. The summed E-state index contributed by atoms with van der Waals surface area (Å²) in [5, 5.41) is 12.3. The second-order valence-electron chi connectivity index (χ2n) is 6.17. The summed E-state index contributed by atoms with van der Waals surface area (Å²) in [6, 6.07) is 15.4. The Hall–Kier alpha value is -2.44. The summed E-state index contributed by atoms with van der Waals surface area (Å²) in [5.74, 6) is 2.12. The molecule has 3 aromatic rings. The molecule has 0 saturated heterocycles. The third kappa shape index (κ3) is 3.86. The minimum Gasteiger partial charge on any atom is -0.489 e. The van der Waals surface area contributed by atoms with E-state index < -0.39 is 0 Å². The Balaban J connectivity index is 1.48. The molecule has 0 radical (unpaired) electrons. The number of nitrogens with one attached hydrogen (secondary N) is 1. The Labute approximate surface area is 161 Å². The van der Waals surface area contributed by atoms with Gasteiger partial charge in [-0.05, 0) is 48.8 Å². The van der Waals surface area contributed by atoms with Gasteiger partial charge < -0.3 is 4.74 Å². The van der Waals surface area contributed by atoms with Crippen LogP contribution in [-0.2, 0) is 6.61 Å². The number of nitrogens with zero attached hydrogens (tertiary/aromatic N) is 3. The number of aromatic nitrogens is 3. The summed E-state index contributed by atoms with van der Waals surface area (Å²) in [4.78, 5) is 0. The van der Waals surface area contributed by atoms with Gasteiger partial charge in [-0.2, -0.15) is 14.9 Å². The van der Waals surface area contributed by atoms with E-state index in [0.29, 0.717) is 22.3 Å². The lowest BCUT2D eigenvalue weighted by Gasteiger charge is -2.08. The first-order chi connectivity index (χ1) is 12.7. The van der Waals surface area contributed by atoms with Gasteiger partial charge in [-0.15, -0.1) is 0 Å². The van der Waals surface area contributed by atoms with Crippen LogP contribution < -0.4 is 4.74 Å². The molecule has 0 bridgehead atoms. The van der Waals surface area contributed by atoms with Crippen molar-refractivity contribution in [2.75, 3.05) is 0 Å². The number of hydrogen-bond donors (Lipinski definition) is 1. The average Bonchev–Trinajstić information content (AvgIpc) is 3.43. The predicted molar refractivity (Wildman–Crippen MR) is 105 cm³/mol. The molecule has 0 amide bonds. The van der Waals surface area contributed by atoms with Crippen LogP contribution in [0.25, 0.3) is 0 Å². The summed E-state index contributed by atoms with van der Waals surface area (Å²) in [7, 11) is 0. The fraction of sp³-hybridized carbons (Fsp3) is 0.211. The SMILES string of the molecule is S=c1[nH]nc(C2CC2)n1/N=C\c1cccc(OCc2ccccc2Cl)c1. The minimum absolute atomic E-state index is 0.416. The van der Waals surface area contributed by atoms with E-state index in [0.717, 1.165) is 35.5 Å². The number of hydrogen-bond acceptors (Lipinski definition) is 4. The molecule has 4 rings (SSSR count). The second-order valence-corrected chi connectivity index (χ2v) is 6.96. The number of ether oxygens (including phenoxy) is 1. The van der Waals surface area contributed by atoms with Gasteiger partial charge in [-0.25, -0.2) is 0 Å². The smallest absolute Gasteiger partial charge is 0.216 e. The highest BCUT2D eigenvalue weighted by Crippen LogP contribution is 2.38. The molecule has 1 N–H and O–H groups in total. The van der Waals surface area contributed by atoms with Gasteiger partial charge in [0.05, 0.1) is 6.21 Å². The van der Waals surface area contributed by atoms with Gasteiger partial charge in [0.25, 0.3) is 0 Å². The van der Waals surface area contributed by atoms with Crippen molar-refractivity contribution in [3.63, 3.8) is 0 Å². The van der Waals surface area contributed by atoms with E-state index in [-0.39, 0.29) is 0 Å². The quantitative estimate of drug-likeness (QED) is 0.484. The average molecular weight is 385 g/mol. The number of aromatic amines is 1. The lowest BCUT2D eigenvalue weighted by Crippen LogP contribution is -1.98. The zero-order chi connectivity index (χ0) is 17.9. The molecule has 1 aliphatic rings. The van der Waals surface area contributed by atoms with E-state index in [1.165, 1.54) is 0 Å². The molecule has 1 aromatic heterocycles. The molecule has 1 saturated carbocycles. The normalized spacial score (nSPS) is 14.0. The highest BCUT2D eigenvalue weighted by molar-refractivity contribution is 7.71. The summed E-state index contributed by atoms with van der Waals surface area (Å²) < 4.78 is 8.06. The van der Waals surface area contributed by atoms with Gasteiger partial charge in [0.15, 0.2) is 5.82 Å².